The molecule has 0 spiro atoms. The Hall–Kier alpha value is -1.50. The summed E-state index contributed by atoms with van der Waals surface area (Å²) in [4.78, 5) is 18.4. The van der Waals surface area contributed by atoms with Gasteiger partial charge in [-0.3, -0.25) is 14.7 Å². The molecule has 126 valence electrons. The van der Waals surface area contributed by atoms with Crippen LogP contribution in [0.3, 0.4) is 0 Å². The van der Waals surface area contributed by atoms with Crippen molar-refractivity contribution in [2.75, 3.05) is 39.3 Å². The van der Waals surface area contributed by atoms with E-state index in [-0.39, 0.29) is 12.0 Å². The number of pyridine rings is 1. The second-order valence-electron chi connectivity index (χ2n) is 6.45. The van der Waals surface area contributed by atoms with E-state index in [9.17, 15) is 4.79 Å². The number of nitrogens with one attached hydrogen (secondary N) is 2. The molecule has 3 heterocycles. The summed E-state index contributed by atoms with van der Waals surface area (Å²) in [5.74, 6) is 0.638. The van der Waals surface area contributed by atoms with Gasteiger partial charge < -0.3 is 15.4 Å². The second-order valence-corrected chi connectivity index (χ2v) is 6.45. The van der Waals surface area contributed by atoms with Crippen molar-refractivity contribution in [1.82, 2.24) is 20.5 Å². The van der Waals surface area contributed by atoms with Gasteiger partial charge in [0.1, 0.15) is 0 Å². The molecule has 0 aliphatic carbocycles. The Balaban J connectivity index is 1.39. The van der Waals surface area contributed by atoms with E-state index < -0.39 is 0 Å². The summed E-state index contributed by atoms with van der Waals surface area (Å²) in [6.07, 6.45) is 5.46. The molecule has 6 nitrogen and oxygen atoms in total. The predicted molar refractivity (Wildman–Crippen MR) is 87.9 cm³/mol. The number of carbonyl (C=O) groups excluding carboxylic acids is 1. The van der Waals surface area contributed by atoms with Crippen LogP contribution in [0, 0.1) is 5.92 Å². The van der Waals surface area contributed by atoms with Crippen LogP contribution in [0.5, 0.6) is 0 Å². The van der Waals surface area contributed by atoms with Gasteiger partial charge in [0.2, 0.25) is 5.91 Å². The highest BCUT2D eigenvalue weighted by molar-refractivity contribution is 5.76. The van der Waals surface area contributed by atoms with E-state index in [1.807, 2.05) is 24.5 Å². The summed E-state index contributed by atoms with van der Waals surface area (Å²) < 4.78 is 5.79. The van der Waals surface area contributed by atoms with Crippen LogP contribution in [0.25, 0.3) is 0 Å². The highest BCUT2D eigenvalue weighted by atomic mass is 16.5. The summed E-state index contributed by atoms with van der Waals surface area (Å²) in [7, 11) is 0. The molecule has 1 unspecified atom stereocenters. The summed E-state index contributed by atoms with van der Waals surface area (Å²) in [6.45, 7) is 6.02. The summed E-state index contributed by atoms with van der Waals surface area (Å²) in [6, 6.07) is 4.09. The maximum atomic E-state index is 12.0. The van der Waals surface area contributed by atoms with E-state index in [4.69, 9.17) is 4.74 Å². The van der Waals surface area contributed by atoms with Crippen LogP contribution < -0.4 is 10.6 Å². The molecule has 1 amide bonds. The molecule has 0 bridgehead atoms. The number of morpholine rings is 1. The molecular formula is C17H26N4O2. The molecule has 0 radical (unpaired) electrons. The molecule has 0 saturated carbocycles. The molecule has 1 aromatic heterocycles. The lowest BCUT2D eigenvalue weighted by Gasteiger charge is -2.33. The fourth-order valence-corrected chi connectivity index (χ4v) is 3.24. The van der Waals surface area contributed by atoms with Gasteiger partial charge in [-0.25, -0.2) is 0 Å². The predicted octanol–water partition coefficient (Wildman–Crippen LogP) is 0.398. The van der Waals surface area contributed by atoms with Crippen LogP contribution in [-0.2, 0) is 16.1 Å². The van der Waals surface area contributed by atoms with Crippen LogP contribution in [0.1, 0.15) is 18.4 Å². The summed E-state index contributed by atoms with van der Waals surface area (Å²) >= 11 is 0. The standard InChI is InChI=1S/C17H26N4O2/c22-17(9-15-3-6-19-10-15)20-11-16-13-21(7-8-23-16)12-14-1-4-18-5-2-14/h1-2,4-5,15-16,19H,3,6-13H2,(H,20,22)/t15-,16?/m0/s1. The molecule has 2 saturated heterocycles. The fourth-order valence-electron chi connectivity index (χ4n) is 3.24. The third kappa shape index (κ3) is 5.27. The SMILES string of the molecule is O=C(C[C@@H]1CCNC1)NCC1CN(Cc2ccncc2)CCO1. The average Bonchev–Trinajstić information content (AvgIpc) is 3.07. The van der Waals surface area contributed by atoms with Gasteiger partial charge in [-0.2, -0.15) is 0 Å². The Labute approximate surface area is 137 Å². The number of nitrogens with zero attached hydrogens (tertiary/aromatic N) is 2. The van der Waals surface area contributed by atoms with E-state index in [2.05, 4.69) is 20.5 Å². The molecule has 2 fully saturated rings. The molecule has 6 heteroatoms. The van der Waals surface area contributed by atoms with Crippen molar-refractivity contribution < 1.29 is 9.53 Å². The summed E-state index contributed by atoms with van der Waals surface area (Å²) in [5, 5.41) is 6.33. The van der Waals surface area contributed by atoms with Crippen LogP contribution in [-0.4, -0.2) is 61.2 Å². The maximum absolute atomic E-state index is 12.0. The zero-order chi connectivity index (χ0) is 15.9. The minimum Gasteiger partial charge on any atom is -0.374 e. The summed E-state index contributed by atoms with van der Waals surface area (Å²) in [5.41, 5.74) is 1.26. The number of carbonyl (C=O) groups is 1. The van der Waals surface area contributed by atoms with Crippen molar-refractivity contribution in [2.45, 2.75) is 25.5 Å². The maximum Gasteiger partial charge on any atom is 0.220 e. The third-order valence-electron chi connectivity index (χ3n) is 4.54. The number of hydrogen-bond acceptors (Lipinski definition) is 5. The van der Waals surface area contributed by atoms with Gasteiger partial charge in [-0.1, -0.05) is 0 Å². The zero-order valence-corrected chi connectivity index (χ0v) is 13.5. The van der Waals surface area contributed by atoms with Crippen LogP contribution in [0.2, 0.25) is 0 Å². The Morgan fingerprint density at radius 3 is 3.09 bits per heavy atom. The highest BCUT2D eigenvalue weighted by Gasteiger charge is 2.22. The second kappa shape index (κ2) is 8.38. The van der Waals surface area contributed by atoms with Crippen molar-refractivity contribution in [3.63, 3.8) is 0 Å². The van der Waals surface area contributed by atoms with Crippen molar-refractivity contribution in [1.29, 1.82) is 0 Å². The third-order valence-corrected chi connectivity index (χ3v) is 4.54. The van der Waals surface area contributed by atoms with Gasteiger partial charge in [0.25, 0.3) is 0 Å². The monoisotopic (exact) mass is 318 g/mol. The quantitative estimate of drug-likeness (QED) is 0.795. The van der Waals surface area contributed by atoms with Gasteiger partial charge in [0, 0.05) is 45.0 Å². The molecule has 1 aromatic rings. The van der Waals surface area contributed by atoms with Crippen LogP contribution >= 0.6 is 0 Å². The van der Waals surface area contributed by atoms with Crippen LogP contribution in [0.4, 0.5) is 0 Å². The zero-order valence-electron chi connectivity index (χ0n) is 13.5. The number of amides is 1. The normalized spacial score (nSPS) is 25.4. The first-order valence-corrected chi connectivity index (χ1v) is 8.50. The lowest BCUT2D eigenvalue weighted by atomic mass is 10.0. The number of hydrogen-bond donors (Lipinski definition) is 2. The first-order chi connectivity index (χ1) is 11.3. The smallest absolute Gasteiger partial charge is 0.220 e. The van der Waals surface area contributed by atoms with Crippen LogP contribution in [0.15, 0.2) is 24.5 Å². The van der Waals surface area contributed by atoms with Gasteiger partial charge >= 0.3 is 0 Å². The van der Waals surface area contributed by atoms with E-state index in [1.54, 1.807) is 0 Å². The van der Waals surface area contributed by atoms with Gasteiger partial charge in [-0.05, 0) is 43.1 Å². The minimum absolute atomic E-state index is 0.0799. The first-order valence-electron chi connectivity index (χ1n) is 8.50. The van der Waals surface area contributed by atoms with E-state index >= 15 is 0 Å². The topological polar surface area (TPSA) is 66.5 Å². The Bertz CT molecular complexity index is 491. The lowest BCUT2D eigenvalue weighted by molar-refractivity contribution is -0.123. The fraction of sp³-hybridized carbons (Fsp3) is 0.647. The molecule has 0 aromatic carbocycles. The van der Waals surface area contributed by atoms with E-state index in [0.29, 0.717) is 18.9 Å². The molecule has 2 aliphatic rings. The van der Waals surface area contributed by atoms with Crippen molar-refractivity contribution >= 4 is 5.91 Å². The van der Waals surface area contributed by atoms with Gasteiger partial charge in [0.05, 0.1) is 12.7 Å². The Morgan fingerprint density at radius 1 is 1.43 bits per heavy atom. The lowest BCUT2D eigenvalue weighted by Crippen LogP contribution is -2.47. The molecule has 2 atom stereocenters. The number of ether oxygens (including phenoxy) is 1. The largest absolute Gasteiger partial charge is 0.374 e. The Kier molecular flexibility index (Phi) is 5.96. The minimum atomic E-state index is 0.0799. The molecule has 3 rings (SSSR count). The molecule has 2 N–H and O–H groups in total. The highest BCUT2D eigenvalue weighted by Crippen LogP contribution is 2.12. The molecular weight excluding hydrogens is 292 g/mol. The molecule has 2 aliphatic heterocycles. The number of rotatable bonds is 6. The van der Waals surface area contributed by atoms with Crippen molar-refractivity contribution in [3.8, 4) is 0 Å². The van der Waals surface area contributed by atoms with E-state index in [1.165, 1.54) is 5.56 Å². The first kappa shape index (κ1) is 16.4. The molecule has 23 heavy (non-hydrogen) atoms. The van der Waals surface area contributed by atoms with E-state index in [0.717, 1.165) is 45.8 Å². The van der Waals surface area contributed by atoms with Crippen molar-refractivity contribution in [3.05, 3.63) is 30.1 Å². The van der Waals surface area contributed by atoms with Gasteiger partial charge in [-0.15, -0.1) is 0 Å². The van der Waals surface area contributed by atoms with Gasteiger partial charge in [0.15, 0.2) is 0 Å². The average molecular weight is 318 g/mol. The number of aromatic nitrogens is 1. The van der Waals surface area contributed by atoms with Crippen molar-refractivity contribution in [2.24, 2.45) is 5.92 Å². The Morgan fingerprint density at radius 2 is 2.30 bits per heavy atom.